The molecule has 0 atom stereocenters. The van der Waals surface area contributed by atoms with Gasteiger partial charge in [0.2, 0.25) is 5.78 Å². The van der Waals surface area contributed by atoms with Crippen LogP contribution in [0.15, 0.2) is 42.5 Å². The van der Waals surface area contributed by atoms with Gasteiger partial charge in [0.1, 0.15) is 11.4 Å². The van der Waals surface area contributed by atoms with Gasteiger partial charge >= 0.3 is 5.97 Å². The van der Waals surface area contributed by atoms with E-state index in [2.05, 4.69) is 9.97 Å². The topological polar surface area (TPSA) is 97.2 Å². The van der Waals surface area contributed by atoms with Gasteiger partial charge in [0.05, 0.1) is 16.6 Å². The fourth-order valence-corrected chi connectivity index (χ4v) is 2.65. The summed E-state index contributed by atoms with van der Waals surface area (Å²) in [5, 5.41) is 9.04. The molecule has 6 nitrogen and oxygen atoms in total. The zero-order valence-corrected chi connectivity index (χ0v) is 11.6. The minimum absolute atomic E-state index is 0.0382. The van der Waals surface area contributed by atoms with Gasteiger partial charge in [-0.05, 0) is 18.2 Å². The van der Waals surface area contributed by atoms with Gasteiger partial charge in [-0.3, -0.25) is 9.59 Å². The number of aromatic nitrogens is 2. The maximum absolute atomic E-state index is 12.3. The number of benzene rings is 2. The van der Waals surface area contributed by atoms with Crippen molar-refractivity contribution in [2.24, 2.45) is 0 Å². The number of rotatable bonds is 1. The summed E-state index contributed by atoms with van der Waals surface area (Å²) in [6.45, 7) is 0. The first kappa shape index (κ1) is 13.3. The zero-order valence-electron chi connectivity index (χ0n) is 11.6. The Bertz CT molecular complexity index is 1040. The third-order valence-electron chi connectivity index (χ3n) is 3.76. The number of nitrogens with zero attached hydrogens (tertiary/aromatic N) is 2. The van der Waals surface area contributed by atoms with E-state index in [0.717, 1.165) is 0 Å². The number of hydrogen-bond donors (Lipinski definition) is 1. The van der Waals surface area contributed by atoms with E-state index < -0.39 is 17.5 Å². The second kappa shape index (κ2) is 4.54. The maximum atomic E-state index is 12.3. The summed E-state index contributed by atoms with van der Waals surface area (Å²) >= 11 is 0. The predicted molar refractivity (Wildman–Crippen MR) is 80.6 cm³/mol. The van der Waals surface area contributed by atoms with Crippen LogP contribution in [0.1, 0.15) is 31.2 Å². The number of Topliss-reactive ketones (excluding diaryl/α,β-unsaturated/α-hetero) is 2. The number of ketones is 2. The molecule has 4 rings (SSSR count). The highest BCUT2D eigenvalue weighted by atomic mass is 16.4. The van der Waals surface area contributed by atoms with Gasteiger partial charge in [0.15, 0.2) is 0 Å². The average molecular weight is 304 g/mol. The Morgan fingerprint density at radius 1 is 0.826 bits per heavy atom. The number of aromatic carboxylic acids is 1. The molecule has 1 N–H and O–H groups in total. The Labute approximate surface area is 129 Å². The smallest absolute Gasteiger partial charge is 0.335 e. The van der Waals surface area contributed by atoms with Crippen molar-refractivity contribution < 1.29 is 19.5 Å². The predicted octanol–water partition coefficient (Wildman–Crippen LogP) is 2.37. The second-order valence-electron chi connectivity index (χ2n) is 5.13. The van der Waals surface area contributed by atoms with Crippen LogP contribution in [0.4, 0.5) is 0 Å². The molecule has 0 saturated carbocycles. The maximum Gasteiger partial charge on any atom is 0.335 e. The molecule has 0 saturated heterocycles. The molecule has 23 heavy (non-hydrogen) atoms. The summed E-state index contributed by atoms with van der Waals surface area (Å²) in [4.78, 5) is 44.1. The first-order valence-electron chi connectivity index (χ1n) is 6.80. The van der Waals surface area contributed by atoms with Crippen LogP contribution in [0.25, 0.3) is 22.3 Å². The molecule has 0 spiro atoms. The van der Waals surface area contributed by atoms with Gasteiger partial charge in [-0.25, -0.2) is 14.8 Å². The zero-order chi connectivity index (χ0) is 16.1. The van der Waals surface area contributed by atoms with Crippen LogP contribution >= 0.6 is 0 Å². The summed E-state index contributed by atoms with van der Waals surface area (Å²) in [5.74, 6) is -2.45. The molecule has 1 aliphatic rings. The van der Waals surface area contributed by atoms with Gasteiger partial charge in [-0.1, -0.05) is 24.3 Å². The first-order chi connectivity index (χ1) is 11.1. The number of carboxylic acids is 1. The van der Waals surface area contributed by atoms with Crippen LogP contribution in [-0.4, -0.2) is 32.6 Å². The van der Waals surface area contributed by atoms with E-state index in [1.807, 2.05) is 0 Å². The standard InChI is InChI=1S/C17H8N2O4/c20-15-10-4-2-1-3-9(10)13-14(16(15)21)19-12-7-8(17(22)23)5-6-11(12)18-13/h1-7H,(H,22,23). The quantitative estimate of drug-likeness (QED) is 0.693. The van der Waals surface area contributed by atoms with Crippen molar-refractivity contribution in [1.29, 1.82) is 0 Å². The van der Waals surface area contributed by atoms with E-state index in [1.165, 1.54) is 18.2 Å². The normalized spacial score (nSPS) is 12.9. The third-order valence-corrected chi connectivity index (χ3v) is 3.76. The highest BCUT2D eigenvalue weighted by molar-refractivity contribution is 6.52. The molecular formula is C17H8N2O4. The lowest BCUT2D eigenvalue weighted by molar-refractivity contribution is 0.0697. The van der Waals surface area contributed by atoms with Crippen LogP contribution in [0, 0.1) is 0 Å². The van der Waals surface area contributed by atoms with Crippen LogP contribution < -0.4 is 0 Å². The molecule has 0 fully saturated rings. The molecule has 1 aromatic heterocycles. The molecule has 0 bridgehead atoms. The van der Waals surface area contributed by atoms with Gasteiger partial charge < -0.3 is 5.11 Å². The van der Waals surface area contributed by atoms with Crippen molar-refractivity contribution in [3.63, 3.8) is 0 Å². The van der Waals surface area contributed by atoms with Gasteiger partial charge in [-0.2, -0.15) is 0 Å². The van der Waals surface area contributed by atoms with E-state index in [4.69, 9.17) is 5.11 Å². The number of carbonyl (C=O) groups excluding carboxylic acids is 2. The summed E-state index contributed by atoms with van der Waals surface area (Å²) < 4.78 is 0. The Morgan fingerprint density at radius 3 is 2.26 bits per heavy atom. The van der Waals surface area contributed by atoms with Crippen molar-refractivity contribution in [2.75, 3.05) is 0 Å². The summed E-state index contributed by atoms with van der Waals surface area (Å²) in [6, 6.07) is 11.0. The van der Waals surface area contributed by atoms with Crippen LogP contribution in [0.3, 0.4) is 0 Å². The molecule has 3 aromatic rings. The molecule has 0 unspecified atom stereocenters. The van der Waals surface area contributed by atoms with E-state index >= 15 is 0 Å². The minimum Gasteiger partial charge on any atom is -0.478 e. The highest BCUT2D eigenvalue weighted by Gasteiger charge is 2.32. The lowest BCUT2D eigenvalue weighted by Gasteiger charge is -2.16. The number of carbonyl (C=O) groups is 3. The second-order valence-corrected chi connectivity index (χ2v) is 5.13. The summed E-state index contributed by atoms with van der Waals surface area (Å²) in [6.07, 6.45) is 0. The monoisotopic (exact) mass is 304 g/mol. The van der Waals surface area contributed by atoms with Gasteiger partial charge in [0.25, 0.3) is 5.78 Å². The number of hydrogen-bond acceptors (Lipinski definition) is 5. The van der Waals surface area contributed by atoms with Crippen molar-refractivity contribution >= 4 is 28.6 Å². The highest BCUT2D eigenvalue weighted by Crippen LogP contribution is 2.32. The summed E-state index contributed by atoms with van der Waals surface area (Å²) in [5.41, 5.74) is 1.95. The van der Waals surface area contributed by atoms with Crippen LogP contribution in [0.2, 0.25) is 0 Å². The lowest BCUT2D eigenvalue weighted by Crippen LogP contribution is -2.23. The van der Waals surface area contributed by atoms with Crippen molar-refractivity contribution in [3.8, 4) is 11.3 Å². The minimum atomic E-state index is -1.10. The average Bonchev–Trinajstić information content (AvgIpc) is 2.58. The summed E-state index contributed by atoms with van der Waals surface area (Å²) in [7, 11) is 0. The van der Waals surface area contributed by atoms with Gasteiger partial charge in [0, 0.05) is 11.1 Å². The molecule has 1 heterocycles. The Morgan fingerprint density at radius 2 is 1.52 bits per heavy atom. The Kier molecular flexibility index (Phi) is 2.62. The number of fused-ring (bicyclic) bond motifs is 4. The fraction of sp³-hybridized carbons (Fsp3) is 0. The fourth-order valence-electron chi connectivity index (χ4n) is 2.65. The van der Waals surface area contributed by atoms with Crippen molar-refractivity contribution in [3.05, 3.63) is 59.3 Å². The molecule has 0 aliphatic heterocycles. The number of carboxylic acid groups (broad SMARTS) is 1. The lowest BCUT2D eigenvalue weighted by atomic mass is 9.90. The molecule has 0 amide bonds. The van der Waals surface area contributed by atoms with E-state index in [1.54, 1.807) is 24.3 Å². The van der Waals surface area contributed by atoms with E-state index in [0.29, 0.717) is 22.3 Å². The molecule has 110 valence electrons. The SMILES string of the molecule is O=C(O)c1ccc2nc3c(nc2c1)C(=O)C(=O)c1ccccc1-3. The molecule has 6 heteroatoms. The molecule has 1 aliphatic carbocycles. The van der Waals surface area contributed by atoms with Gasteiger partial charge in [-0.15, -0.1) is 0 Å². The Hall–Kier alpha value is -3.41. The van der Waals surface area contributed by atoms with Crippen LogP contribution in [-0.2, 0) is 0 Å². The molecule has 2 aromatic carbocycles. The van der Waals surface area contributed by atoms with Crippen molar-refractivity contribution in [2.45, 2.75) is 0 Å². The van der Waals surface area contributed by atoms with Crippen molar-refractivity contribution in [1.82, 2.24) is 9.97 Å². The van der Waals surface area contributed by atoms with E-state index in [-0.39, 0.29) is 16.8 Å². The largest absolute Gasteiger partial charge is 0.478 e. The molecule has 0 radical (unpaired) electrons. The molecular weight excluding hydrogens is 296 g/mol. The van der Waals surface area contributed by atoms with Crippen LogP contribution in [0.5, 0.6) is 0 Å². The third kappa shape index (κ3) is 1.85. The Balaban J connectivity index is 2.06. The first-order valence-corrected chi connectivity index (χ1v) is 6.80. The van der Waals surface area contributed by atoms with E-state index in [9.17, 15) is 14.4 Å².